The van der Waals surface area contributed by atoms with Crippen LogP contribution in [0.3, 0.4) is 0 Å². The van der Waals surface area contributed by atoms with Crippen molar-refractivity contribution < 1.29 is 14.3 Å². The average molecular weight is 285 g/mol. The molecule has 1 saturated heterocycles. The molecule has 0 atom stereocenters. The zero-order valence-electron chi connectivity index (χ0n) is 11.1. The van der Waals surface area contributed by atoms with Gasteiger partial charge in [-0.1, -0.05) is 0 Å². The van der Waals surface area contributed by atoms with Crippen molar-refractivity contribution >= 4 is 22.4 Å². The van der Waals surface area contributed by atoms with E-state index in [0.29, 0.717) is 13.2 Å². The topological polar surface area (TPSA) is 54.9 Å². The molecule has 2 heterocycles. The van der Waals surface area contributed by atoms with Crippen LogP contribution >= 0.6 is 11.3 Å². The van der Waals surface area contributed by atoms with Crippen LogP contribution in [0.5, 0.6) is 0 Å². The fourth-order valence-electron chi connectivity index (χ4n) is 1.91. The number of methoxy groups -OCH3 is 1. The predicted octanol–water partition coefficient (Wildman–Crippen LogP) is 0.455. The molecule has 1 aliphatic heterocycles. The van der Waals surface area contributed by atoms with Gasteiger partial charge >= 0.3 is 0 Å². The van der Waals surface area contributed by atoms with Crippen molar-refractivity contribution in [2.24, 2.45) is 0 Å². The van der Waals surface area contributed by atoms with Crippen LogP contribution in [0.1, 0.15) is 0 Å². The lowest BCUT2D eigenvalue weighted by Gasteiger charge is -2.34. The van der Waals surface area contributed by atoms with E-state index in [1.165, 1.54) is 0 Å². The van der Waals surface area contributed by atoms with E-state index in [1.54, 1.807) is 24.6 Å². The van der Waals surface area contributed by atoms with Crippen molar-refractivity contribution in [3.63, 3.8) is 0 Å². The normalized spacial score (nSPS) is 15.8. The largest absolute Gasteiger partial charge is 0.382 e. The van der Waals surface area contributed by atoms with Crippen LogP contribution in [0.4, 0.5) is 5.13 Å². The predicted molar refractivity (Wildman–Crippen MR) is 73.6 cm³/mol. The summed E-state index contributed by atoms with van der Waals surface area (Å²) in [6, 6.07) is 0. The third-order valence-corrected chi connectivity index (χ3v) is 3.81. The van der Waals surface area contributed by atoms with E-state index < -0.39 is 0 Å². The second-order valence-corrected chi connectivity index (χ2v) is 5.10. The van der Waals surface area contributed by atoms with E-state index in [4.69, 9.17) is 9.47 Å². The lowest BCUT2D eigenvalue weighted by Crippen LogP contribution is -2.49. The third kappa shape index (κ3) is 4.15. The maximum Gasteiger partial charge on any atom is 0.248 e. The molecule has 0 aromatic carbocycles. The van der Waals surface area contributed by atoms with E-state index in [1.807, 2.05) is 10.3 Å². The summed E-state index contributed by atoms with van der Waals surface area (Å²) in [6.45, 7) is 4.24. The number of hydrogen-bond acceptors (Lipinski definition) is 6. The van der Waals surface area contributed by atoms with E-state index >= 15 is 0 Å². The molecular weight excluding hydrogens is 266 g/mol. The molecule has 1 aliphatic rings. The third-order valence-electron chi connectivity index (χ3n) is 2.98. The Morgan fingerprint density at radius 2 is 2.16 bits per heavy atom. The van der Waals surface area contributed by atoms with Crippen LogP contribution in [-0.2, 0) is 14.3 Å². The molecule has 0 radical (unpaired) electrons. The van der Waals surface area contributed by atoms with Crippen molar-refractivity contribution in [3.8, 4) is 0 Å². The number of ether oxygens (including phenoxy) is 2. The summed E-state index contributed by atoms with van der Waals surface area (Å²) < 4.78 is 10.1. The summed E-state index contributed by atoms with van der Waals surface area (Å²) in [4.78, 5) is 20.2. The highest BCUT2D eigenvalue weighted by molar-refractivity contribution is 7.13. The Kier molecular flexibility index (Phi) is 5.56. The van der Waals surface area contributed by atoms with Crippen LogP contribution in [0.2, 0.25) is 0 Å². The van der Waals surface area contributed by atoms with Gasteiger partial charge in [0, 0.05) is 44.9 Å². The monoisotopic (exact) mass is 285 g/mol. The van der Waals surface area contributed by atoms with Gasteiger partial charge in [0.05, 0.1) is 13.2 Å². The fraction of sp³-hybridized carbons (Fsp3) is 0.667. The van der Waals surface area contributed by atoms with Gasteiger partial charge in [-0.25, -0.2) is 4.98 Å². The molecule has 1 aromatic heterocycles. The van der Waals surface area contributed by atoms with Gasteiger partial charge in [0.1, 0.15) is 6.61 Å². The molecule has 2 rings (SSSR count). The first-order valence-corrected chi connectivity index (χ1v) is 7.18. The number of amides is 1. The number of carbonyl (C=O) groups excluding carboxylic acids is 1. The van der Waals surface area contributed by atoms with E-state index in [0.717, 1.165) is 31.3 Å². The van der Waals surface area contributed by atoms with Gasteiger partial charge in [-0.05, 0) is 0 Å². The molecule has 0 bridgehead atoms. The molecule has 1 amide bonds. The number of aromatic nitrogens is 1. The number of thiazole rings is 1. The second-order valence-electron chi connectivity index (χ2n) is 4.23. The lowest BCUT2D eigenvalue weighted by atomic mass is 10.3. The maximum absolute atomic E-state index is 11.9. The first kappa shape index (κ1) is 14.2. The number of rotatable bonds is 6. The molecule has 0 saturated carbocycles. The van der Waals surface area contributed by atoms with Gasteiger partial charge in [0.15, 0.2) is 5.13 Å². The molecule has 1 fully saturated rings. The number of piperazine rings is 1. The zero-order chi connectivity index (χ0) is 13.5. The number of hydrogen-bond donors (Lipinski definition) is 0. The summed E-state index contributed by atoms with van der Waals surface area (Å²) in [5.74, 6) is 0.0508. The molecule has 0 aliphatic carbocycles. The maximum atomic E-state index is 11.9. The Morgan fingerprint density at radius 1 is 1.37 bits per heavy atom. The molecular formula is C12H19N3O3S. The van der Waals surface area contributed by atoms with Gasteiger partial charge in [-0.3, -0.25) is 4.79 Å². The summed E-state index contributed by atoms with van der Waals surface area (Å²) >= 11 is 1.63. The van der Waals surface area contributed by atoms with Crippen LogP contribution in [-0.4, -0.2) is 68.9 Å². The average Bonchev–Trinajstić information content (AvgIpc) is 2.98. The molecule has 7 heteroatoms. The van der Waals surface area contributed by atoms with Crippen molar-refractivity contribution in [3.05, 3.63) is 11.6 Å². The van der Waals surface area contributed by atoms with Crippen LogP contribution in [0.15, 0.2) is 11.6 Å². The summed E-state index contributed by atoms with van der Waals surface area (Å²) in [5.41, 5.74) is 0. The van der Waals surface area contributed by atoms with Crippen molar-refractivity contribution in [1.82, 2.24) is 9.88 Å². The number of nitrogens with zero attached hydrogens (tertiary/aromatic N) is 3. The molecule has 0 unspecified atom stereocenters. The minimum Gasteiger partial charge on any atom is -0.382 e. The minimum absolute atomic E-state index is 0.0508. The number of carbonyl (C=O) groups is 1. The molecule has 0 spiro atoms. The highest BCUT2D eigenvalue weighted by atomic mass is 32.1. The highest BCUT2D eigenvalue weighted by Gasteiger charge is 2.22. The molecule has 1 aromatic rings. The van der Waals surface area contributed by atoms with Crippen molar-refractivity contribution in [1.29, 1.82) is 0 Å². The van der Waals surface area contributed by atoms with E-state index in [9.17, 15) is 4.79 Å². The summed E-state index contributed by atoms with van der Waals surface area (Å²) in [6.07, 6.45) is 1.81. The molecule has 0 N–H and O–H groups in total. The Hall–Kier alpha value is -1.18. The SMILES string of the molecule is COCCOCC(=O)N1CCN(c2nccs2)CC1. The van der Waals surface area contributed by atoms with Crippen LogP contribution in [0, 0.1) is 0 Å². The Labute approximate surface area is 116 Å². The van der Waals surface area contributed by atoms with Gasteiger partial charge in [0.2, 0.25) is 5.91 Å². The molecule has 106 valence electrons. The number of anilines is 1. The van der Waals surface area contributed by atoms with Gasteiger partial charge in [-0.2, -0.15) is 0 Å². The first-order chi connectivity index (χ1) is 9.31. The summed E-state index contributed by atoms with van der Waals surface area (Å²) in [7, 11) is 1.61. The Bertz CT molecular complexity index is 378. The second kappa shape index (κ2) is 7.42. The molecule has 6 nitrogen and oxygen atoms in total. The molecule has 19 heavy (non-hydrogen) atoms. The van der Waals surface area contributed by atoms with Crippen molar-refractivity contribution in [2.45, 2.75) is 0 Å². The van der Waals surface area contributed by atoms with Gasteiger partial charge in [0.25, 0.3) is 0 Å². The Morgan fingerprint density at radius 3 is 2.79 bits per heavy atom. The highest BCUT2D eigenvalue weighted by Crippen LogP contribution is 2.18. The Balaban J connectivity index is 1.69. The first-order valence-electron chi connectivity index (χ1n) is 6.30. The van der Waals surface area contributed by atoms with Gasteiger partial charge in [-0.15, -0.1) is 11.3 Å². The minimum atomic E-state index is 0.0508. The van der Waals surface area contributed by atoms with E-state index in [2.05, 4.69) is 9.88 Å². The van der Waals surface area contributed by atoms with Gasteiger partial charge < -0.3 is 19.3 Å². The zero-order valence-corrected chi connectivity index (χ0v) is 11.9. The summed E-state index contributed by atoms with van der Waals surface area (Å²) in [5, 5.41) is 3.00. The smallest absolute Gasteiger partial charge is 0.248 e. The van der Waals surface area contributed by atoms with Crippen LogP contribution in [0.25, 0.3) is 0 Å². The lowest BCUT2D eigenvalue weighted by molar-refractivity contribution is -0.136. The van der Waals surface area contributed by atoms with E-state index in [-0.39, 0.29) is 12.5 Å². The fourth-order valence-corrected chi connectivity index (χ4v) is 2.61. The quantitative estimate of drug-likeness (QED) is 0.711. The van der Waals surface area contributed by atoms with Crippen LogP contribution < -0.4 is 4.90 Å². The standard InChI is InChI=1S/C12H19N3O3S/c1-17-7-8-18-10-11(16)14-3-5-15(6-4-14)12-13-2-9-19-12/h2,9H,3-8,10H2,1H3. The van der Waals surface area contributed by atoms with Crippen molar-refractivity contribution in [2.75, 3.05) is 58.0 Å².